The molecule has 1 fully saturated rings. The van der Waals surface area contributed by atoms with Gasteiger partial charge in [-0.25, -0.2) is 13.4 Å². The fraction of sp³-hybridized carbons (Fsp3) is 0.375. The van der Waals surface area contributed by atoms with Crippen LogP contribution in [0.2, 0.25) is 0 Å². The Balaban J connectivity index is 1.73. The van der Waals surface area contributed by atoms with E-state index < -0.39 is 16.1 Å². The Kier molecular flexibility index (Phi) is 5.57. The number of aromatic nitrogens is 1. The zero-order chi connectivity index (χ0) is 18.0. The standard InChI is InChI=1S/C16H18BrN3O3S2/c1-25(22,23)20-9-3-2-4-14(20)15(21)19-16-18-13(10-24-16)11-5-7-12(17)8-6-11/h5-8,10,14H,2-4,9H2,1H3,(H,18,19,21). The summed E-state index contributed by atoms with van der Waals surface area (Å²) in [6, 6.07) is 7.08. The van der Waals surface area contributed by atoms with Crippen molar-refractivity contribution < 1.29 is 13.2 Å². The first kappa shape index (κ1) is 18.5. The molecule has 6 nitrogen and oxygen atoms in total. The van der Waals surface area contributed by atoms with Gasteiger partial charge in [0.2, 0.25) is 15.9 Å². The van der Waals surface area contributed by atoms with Gasteiger partial charge in [-0.15, -0.1) is 11.3 Å². The number of thiazole rings is 1. The average Bonchev–Trinajstić information content (AvgIpc) is 3.03. The van der Waals surface area contributed by atoms with Crippen molar-refractivity contribution in [1.82, 2.24) is 9.29 Å². The van der Waals surface area contributed by atoms with Crippen molar-refractivity contribution in [2.45, 2.75) is 25.3 Å². The largest absolute Gasteiger partial charge is 0.301 e. The predicted molar refractivity (Wildman–Crippen MR) is 103 cm³/mol. The molecule has 0 spiro atoms. The number of halogens is 1. The van der Waals surface area contributed by atoms with Gasteiger partial charge in [0.1, 0.15) is 6.04 Å². The summed E-state index contributed by atoms with van der Waals surface area (Å²) in [5.41, 5.74) is 1.73. The quantitative estimate of drug-likeness (QED) is 0.785. The zero-order valence-corrected chi connectivity index (χ0v) is 16.8. The highest BCUT2D eigenvalue weighted by atomic mass is 79.9. The summed E-state index contributed by atoms with van der Waals surface area (Å²) in [4.78, 5) is 17.0. The van der Waals surface area contributed by atoms with Crippen molar-refractivity contribution in [2.24, 2.45) is 0 Å². The molecule has 1 aliphatic heterocycles. The van der Waals surface area contributed by atoms with E-state index in [9.17, 15) is 13.2 Å². The summed E-state index contributed by atoms with van der Waals surface area (Å²) in [5, 5.41) is 5.11. The number of nitrogens with one attached hydrogen (secondary N) is 1. The molecular weight excluding hydrogens is 426 g/mol. The van der Waals surface area contributed by atoms with Crippen LogP contribution in [0.3, 0.4) is 0 Å². The number of hydrogen-bond donors (Lipinski definition) is 1. The maximum absolute atomic E-state index is 12.6. The Morgan fingerprint density at radius 1 is 1.32 bits per heavy atom. The van der Waals surface area contributed by atoms with Crippen LogP contribution in [0.15, 0.2) is 34.1 Å². The third-order valence-corrected chi connectivity index (χ3v) is 6.63. The van der Waals surface area contributed by atoms with Crippen LogP contribution in [0, 0.1) is 0 Å². The molecule has 1 amide bonds. The van der Waals surface area contributed by atoms with E-state index >= 15 is 0 Å². The number of carbonyl (C=O) groups excluding carboxylic acids is 1. The molecule has 0 bridgehead atoms. The molecular formula is C16H18BrN3O3S2. The van der Waals surface area contributed by atoms with Crippen molar-refractivity contribution in [3.8, 4) is 11.3 Å². The number of rotatable bonds is 4. The lowest BCUT2D eigenvalue weighted by Crippen LogP contribution is -2.49. The van der Waals surface area contributed by atoms with E-state index in [-0.39, 0.29) is 5.91 Å². The fourth-order valence-corrected chi connectivity index (χ4v) is 4.95. The second-order valence-electron chi connectivity index (χ2n) is 5.92. The Bertz CT molecular complexity index is 865. The molecule has 0 aliphatic carbocycles. The molecule has 1 N–H and O–H groups in total. The van der Waals surface area contributed by atoms with Crippen molar-refractivity contribution >= 4 is 48.3 Å². The Hall–Kier alpha value is -1.29. The van der Waals surface area contributed by atoms with Crippen molar-refractivity contribution in [2.75, 3.05) is 18.1 Å². The predicted octanol–water partition coefficient (Wildman–Crippen LogP) is 3.33. The number of piperidine rings is 1. The highest BCUT2D eigenvalue weighted by molar-refractivity contribution is 9.10. The molecule has 1 aromatic carbocycles. The monoisotopic (exact) mass is 443 g/mol. The number of hydrogen-bond acceptors (Lipinski definition) is 5. The topological polar surface area (TPSA) is 79.4 Å². The smallest absolute Gasteiger partial charge is 0.244 e. The van der Waals surface area contributed by atoms with E-state index in [4.69, 9.17) is 0 Å². The van der Waals surface area contributed by atoms with Gasteiger partial charge in [-0.3, -0.25) is 4.79 Å². The molecule has 2 aromatic rings. The van der Waals surface area contributed by atoms with E-state index in [2.05, 4.69) is 26.2 Å². The minimum Gasteiger partial charge on any atom is -0.301 e. The molecule has 1 aliphatic rings. The van der Waals surface area contributed by atoms with Crippen molar-refractivity contribution in [3.05, 3.63) is 34.1 Å². The second-order valence-corrected chi connectivity index (χ2v) is 9.63. The molecule has 9 heteroatoms. The van der Waals surface area contributed by atoms with E-state index in [0.717, 1.165) is 34.8 Å². The van der Waals surface area contributed by atoms with E-state index in [1.807, 2.05) is 29.6 Å². The van der Waals surface area contributed by atoms with E-state index in [1.165, 1.54) is 15.6 Å². The van der Waals surface area contributed by atoms with Crippen LogP contribution in [0.4, 0.5) is 5.13 Å². The van der Waals surface area contributed by atoms with Crippen LogP contribution in [0.25, 0.3) is 11.3 Å². The van der Waals surface area contributed by atoms with Gasteiger partial charge in [0.05, 0.1) is 11.9 Å². The summed E-state index contributed by atoms with van der Waals surface area (Å²) < 4.78 is 26.1. The van der Waals surface area contributed by atoms with Crippen LogP contribution in [-0.4, -0.2) is 42.5 Å². The number of amides is 1. The minimum absolute atomic E-state index is 0.318. The SMILES string of the molecule is CS(=O)(=O)N1CCCCC1C(=O)Nc1nc(-c2ccc(Br)cc2)cs1. The fourth-order valence-electron chi connectivity index (χ4n) is 2.84. The summed E-state index contributed by atoms with van der Waals surface area (Å²) in [6.45, 7) is 0.388. The molecule has 3 rings (SSSR count). The van der Waals surface area contributed by atoms with Crippen LogP contribution in [0.1, 0.15) is 19.3 Å². The lowest BCUT2D eigenvalue weighted by Gasteiger charge is -2.32. The Morgan fingerprint density at radius 2 is 2.04 bits per heavy atom. The first-order chi connectivity index (χ1) is 11.8. The number of anilines is 1. The van der Waals surface area contributed by atoms with E-state index in [1.54, 1.807) is 0 Å². The molecule has 2 heterocycles. The number of benzene rings is 1. The highest BCUT2D eigenvalue weighted by Crippen LogP contribution is 2.27. The van der Waals surface area contributed by atoms with Gasteiger partial charge >= 0.3 is 0 Å². The van der Waals surface area contributed by atoms with Crippen molar-refractivity contribution in [3.63, 3.8) is 0 Å². The molecule has 1 saturated heterocycles. The van der Waals surface area contributed by atoms with Gasteiger partial charge in [-0.2, -0.15) is 4.31 Å². The highest BCUT2D eigenvalue weighted by Gasteiger charge is 2.34. The molecule has 1 aromatic heterocycles. The van der Waals surface area contributed by atoms with Crippen LogP contribution in [-0.2, 0) is 14.8 Å². The third kappa shape index (κ3) is 4.46. The van der Waals surface area contributed by atoms with Gasteiger partial charge in [0.15, 0.2) is 5.13 Å². The summed E-state index contributed by atoms with van der Waals surface area (Å²) in [5.74, 6) is -0.318. The third-order valence-electron chi connectivity index (χ3n) is 4.06. The molecule has 0 saturated carbocycles. The summed E-state index contributed by atoms with van der Waals surface area (Å²) >= 11 is 4.72. The first-order valence-corrected chi connectivity index (χ1v) is 11.4. The van der Waals surface area contributed by atoms with Crippen molar-refractivity contribution in [1.29, 1.82) is 0 Å². The normalized spacial score (nSPS) is 18.9. The lowest BCUT2D eigenvalue weighted by atomic mass is 10.0. The summed E-state index contributed by atoms with van der Waals surface area (Å²) in [6.07, 6.45) is 3.30. The summed E-state index contributed by atoms with van der Waals surface area (Å²) in [7, 11) is -3.40. The maximum Gasteiger partial charge on any atom is 0.244 e. The van der Waals surface area contributed by atoms with E-state index in [0.29, 0.717) is 18.1 Å². The molecule has 1 unspecified atom stereocenters. The van der Waals surface area contributed by atoms with Gasteiger partial charge in [0, 0.05) is 22.0 Å². The maximum atomic E-state index is 12.6. The Morgan fingerprint density at radius 3 is 2.72 bits per heavy atom. The first-order valence-electron chi connectivity index (χ1n) is 7.84. The molecule has 134 valence electrons. The van der Waals surface area contributed by atoms with Gasteiger partial charge in [-0.1, -0.05) is 34.5 Å². The van der Waals surface area contributed by atoms with Crippen LogP contribution < -0.4 is 5.32 Å². The Labute approximate surface area is 159 Å². The van der Waals surface area contributed by atoms with Gasteiger partial charge in [0.25, 0.3) is 0 Å². The van der Waals surface area contributed by atoms with Crippen LogP contribution >= 0.6 is 27.3 Å². The number of nitrogens with zero attached hydrogens (tertiary/aromatic N) is 2. The zero-order valence-electron chi connectivity index (χ0n) is 13.6. The lowest BCUT2D eigenvalue weighted by molar-refractivity contribution is -0.120. The number of carbonyl (C=O) groups is 1. The van der Waals surface area contributed by atoms with Crippen LogP contribution in [0.5, 0.6) is 0 Å². The average molecular weight is 444 g/mol. The van der Waals surface area contributed by atoms with Gasteiger partial charge < -0.3 is 5.32 Å². The van der Waals surface area contributed by atoms with Gasteiger partial charge in [-0.05, 0) is 25.0 Å². The number of sulfonamides is 1. The minimum atomic E-state index is -3.40. The molecule has 0 radical (unpaired) electrons. The second kappa shape index (κ2) is 7.53. The molecule has 25 heavy (non-hydrogen) atoms. The molecule has 1 atom stereocenters.